The fourth-order valence-electron chi connectivity index (χ4n) is 2.00. The minimum absolute atomic E-state index is 0.0746. The van der Waals surface area contributed by atoms with Crippen molar-refractivity contribution in [2.24, 2.45) is 5.92 Å². The highest BCUT2D eigenvalue weighted by atomic mass is 32.2. The number of Topliss-reactive ketones (excluding diaryl/α,β-unsaturated/α-hetero) is 2. The highest BCUT2D eigenvalue weighted by molar-refractivity contribution is 7.90. The number of carbonyl (C=O) groups is 2. The molecule has 0 unspecified atom stereocenters. The van der Waals surface area contributed by atoms with Gasteiger partial charge in [-0.25, -0.2) is 8.42 Å². The van der Waals surface area contributed by atoms with Gasteiger partial charge in [0.25, 0.3) is 0 Å². The van der Waals surface area contributed by atoms with Gasteiger partial charge < -0.3 is 0 Å². The van der Waals surface area contributed by atoms with E-state index in [1.54, 1.807) is 24.3 Å². The Balaban J connectivity index is 2.25. The van der Waals surface area contributed by atoms with Crippen LogP contribution in [0.1, 0.15) is 27.1 Å². The molecule has 17 heavy (non-hydrogen) atoms. The second kappa shape index (κ2) is 4.07. The van der Waals surface area contributed by atoms with Gasteiger partial charge in [0.05, 0.1) is 11.7 Å². The normalized spacial score (nSPS) is 16.3. The molecule has 0 fully saturated rings. The molecule has 2 rings (SSSR count). The zero-order valence-corrected chi connectivity index (χ0v) is 10.2. The van der Waals surface area contributed by atoms with Gasteiger partial charge in [-0.15, -0.1) is 0 Å². The summed E-state index contributed by atoms with van der Waals surface area (Å²) in [6, 6.07) is 6.61. The van der Waals surface area contributed by atoms with Crippen LogP contribution in [-0.2, 0) is 9.84 Å². The van der Waals surface area contributed by atoms with Crippen molar-refractivity contribution < 1.29 is 18.0 Å². The molecular weight excluding hydrogens is 240 g/mol. The largest absolute Gasteiger partial charge is 0.293 e. The molecule has 4 nitrogen and oxygen atoms in total. The fraction of sp³-hybridized carbons (Fsp3) is 0.333. The number of ketones is 2. The fourth-order valence-corrected chi connectivity index (χ4v) is 2.67. The first-order chi connectivity index (χ1) is 7.90. The molecule has 1 aliphatic rings. The van der Waals surface area contributed by atoms with Gasteiger partial charge in [-0.3, -0.25) is 9.59 Å². The first-order valence-corrected chi connectivity index (χ1v) is 7.31. The van der Waals surface area contributed by atoms with Gasteiger partial charge in [0, 0.05) is 17.4 Å². The first kappa shape index (κ1) is 12.0. The molecule has 0 saturated carbocycles. The molecule has 5 heteroatoms. The smallest absolute Gasteiger partial charge is 0.174 e. The number of benzene rings is 1. The van der Waals surface area contributed by atoms with Crippen LogP contribution < -0.4 is 0 Å². The quantitative estimate of drug-likeness (QED) is 0.756. The summed E-state index contributed by atoms with van der Waals surface area (Å²) in [5.74, 6) is -1.46. The summed E-state index contributed by atoms with van der Waals surface area (Å²) >= 11 is 0. The van der Waals surface area contributed by atoms with Gasteiger partial charge in [0.15, 0.2) is 11.6 Å². The van der Waals surface area contributed by atoms with E-state index in [4.69, 9.17) is 0 Å². The van der Waals surface area contributed by atoms with Crippen molar-refractivity contribution in [3.8, 4) is 0 Å². The molecule has 0 bridgehead atoms. The highest BCUT2D eigenvalue weighted by Crippen LogP contribution is 2.28. The molecular formula is C12H12O4S. The lowest BCUT2D eigenvalue weighted by Gasteiger charge is -2.04. The van der Waals surface area contributed by atoms with E-state index in [-0.39, 0.29) is 23.7 Å². The van der Waals surface area contributed by atoms with Crippen LogP contribution >= 0.6 is 0 Å². The van der Waals surface area contributed by atoms with Gasteiger partial charge in [-0.2, -0.15) is 0 Å². The van der Waals surface area contributed by atoms with Crippen LogP contribution in [0.2, 0.25) is 0 Å². The average Bonchev–Trinajstić information content (AvgIpc) is 2.49. The SMILES string of the molecule is CS(=O)(=O)CCC1C(=O)c2ccccc2C1=O. The van der Waals surface area contributed by atoms with Crippen LogP contribution in [0.25, 0.3) is 0 Å². The molecule has 1 aromatic rings. The summed E-state index contributed by atoms with van der Waals surface area (Å²) in [7, 11) is -3.15. The Hall–Kier alpha value is -1.49. The van der Waals surface area contributed by atoms with E-state index in [0.717, 1.165) is 6.26 Å². The number of hydrogen-bond donors (Lipinski definition) is 0. The van der Waals surface area contributed by atoms with Crippen molar-refractivity contribution in [1.29, 1.82) is 0 Å². The third kappa shape index (κ3) is 2.29. The Bertz CT molecular complexity index is 551. The maximum Gasteiger partial charge on any atom is 0.174 e. The molecule has 0 radical (unpaired) electrons. The van der Waals surface area contributed by atoms with Gasteiger partial charge in [0.1, 0.15) is 9.84 Å². The first-order valence-electron chi connectivity index (χ1n) is 5.25. The van der Waals surface area contributed by atoms with E-state index >= 15 is 0 Å². The van der Waals surface area contributed by atoms with E-state index in [0.29, 0.717) is 11.1 Å². The molecule has 90 valence electrons. The van der Waals surface area contributed by atoms with Crippen LogP contribution in [0.4, 0.5) is 0 Å². The topological polar surface area (TPSA) is 68.3 Å². The van der Waals surface area contributed by atoms with Crippen molar-refractivity contribution in [3.05, 3.63) is 35.4 Å². The summed E-state index contributed by atoms with van der Waals surface area (Å²) in [5, 5.41) is 0. The van der Waals surface area contributed by atoms with Crippen molar-refractivity contribution >= 4 is 21.4 Å². The number of hydrogen-bond acceptors (Lipinski definition) is 4. The van der Waals surface area contributed by atoms with E-state index < -0.39 is 15.8 Å². The van der Waals surface area contributed by atoms with Gasteiger partial charge in [0.2, 0.25) is 0 Å². The second-order valence-electron chi connectivity index (χ2n) is 4.25. The van der Waals surface area contributed by atoms with Gasteiger partial charge in [-0.1, -0.05) is 24.3 Å². The van der Waals surface area contributed by atoms with Crippen molar-refractivity contribution in [2.75, 3.05) is 12.0 Å². The number of sulfone groups is 1. The summed E-state index contributed by atoms with van der Waals surface area (Å²) in [4.78, 5) is 23.8. The van der Waals surface area contributed by atoms with Crippen LogP contribution in [0.3, 0.4) is 0 Å². The summed E-state index contributed by atoms with van der Waals surface area (Å²) in [6.07, 6.45) is 1.18. The molecule has 0 spiro atoms. The lowest BCUT2D eigenvalue weighted by atomic mass is 10.0. The Morgan fingerprint density at radius 2 is 1.53 bits per heavy atom. The molecule has 0 N–H and O–H groups in total. The summed E-state index contributed by atoms with van der Waals surface area (Å²) in [5.41, 5.74) is 0.826. The Morgan fingerprint density at radius 3 is 1.94 bits per heavy atom. The molecule has 1 aliphatic carbocycles. The maximum absolute atomic E-state index is 11.9. The van der Waals surface area contributed by atoms with Crippen molar-refractivity contribution in [3.63, 3.8) is 0 Å². The predicted molar refractivity (Wildman–Crippen MR) is 62.9 cm³/mol. The van der Waals surface area contributed by atoms with Crippen LogP contribution in [0, 0.1) is 5.92 Å². The Kier molecular flexibility index (Phi) is 2.87. The summed E-state index contributed by atoms with van der Waals surface area (Å²) in [6.45, 7) is 0. The molecule has 1 aromatic carbocycles. The van der Waals surface area contributed by atoms with E-state index in [1.165, 1.54) is 0 Å². The molecule has 0 aliphatic heterocycles. The van der Waals surface area contributed by atoms with Crippen molar-refractivity contribution in [2.45, 2.75) is 6.42 Å². The molecule has 0 aromatic heterocycles. The van der Waals surface area contributed by atoms with Crippen molar-refractivity contribution in [1.82, 2.24) is 0 Å². The molecule has 0 amide bonds. The predicted octanol–water partition coefficient (Wildman–Crippen LogP) is 1.12. The summed E-state index contributed by atoms with van der Waals surface area (Å²) < 4.78 is 22.1. The molecule has 0 saturated heterocycles. The third-order valence-electron chi connectivity index (χ3n) is 2.87. The number of rotatable bonds is 3. The lowest BCUT2D eigenvalue weighted by molar-refractivity contribution is 0.0836. The minimum Gasteiger partial charge on any atom is -0.293 e. The van der Waals surface area contributed by atoms with E-state index in [2.05, 4.69) is 0 Å². The average molecular weight is 252 g/mol. The van der Waals surface area contributed by atoms with Gasteiger partial charge in [-0.05, 0) is 6.42 Å². The zero-order chi connectivity index (χ0) is 12.6. The highest BCUT2D eigenvalue weighted by Gasteiger charge is 2.38. The number of carbonyl (C=O) groups excluding carboxylic acids is 2. The molecule has 0 atom stereocenters. The zero-order valence-electron chi connectivity index (χ0n) is 9.34. The standard InChI is InChI=1S/C12H12O4S/c1-17(15,16)7-6-10-11(13)8-4-2-3-5-9(8)12(10)14/h2-5,10H,6-7H2,1H3. The molecule has 0 heterocycles. The van der Waals surface area contributed by atoms with Gasteiger partial charge >= 0.3 is 0 Å². The maximum atomic E-state index is 11.9. The van der Waals surface area contributed by atoms with Crippen LogP contribution in [-0.4, -0.2) is 32.0 Å². The van der Waals surface area contributed by atoms with Crippen LogP contribution in [0.15, 0.2) is 24.3 Å². The second-order valence-corrected chi connectivity index (χ2v) is 6.50. The Labute approximate surface area is 99.6 Å². The van der Waals surface area contributed by atoms with E-state index in [9.17, 15) is 18.0 Å². The Morgan fingerprint density at radius 1 is 1.06 bits per heavy atom. The minimum atomic E-state index is -3.15. The third-order valence-corrected chi connectivity index (χ3v) is 3.85. The van der Waals surface area contributed by atoms with Crippen LogP contribution in [0.5, 0.6) is 0 Å². The lowest BCUT2D eigenvalue weighted by Crippen LogP contribution is -2.19. The monoisotopic (exact) mass is 252 g/mol. The van der Waals surface area contributed by atoms with E-state index in [1.807, 2.05) is 0 Å². The number of fused-ring (bicyclic) bond motifs is 1.